The number of hydrogen-bond donors (Lipinski definition) is 1. The van der Waals surface area contributed by atoms with Gasteiger partial charge in [-0.3, -0.25) is 4.99 Å². The van der Waals surface area contributed by atoms with Gasteiger partial charge >= 0.3 is 5.97 Å². The van der Waals surface area contributed by atoms with Crippen molar-refractivity contribution in [1.29, 1.82) is 0 Å². The van der Waals surface area contributed by atoms with E-state index in [-0.39, 0.29) is 5.56 Å². The predicted molar refractivity (Wildman–Crippen MR) is 86.0 cm³/mol. The van der Waals surface area contributed by atoms with Crippen LogP contribution >= 0.6 is 0 Å². The van der Waals surface area contributed by atoms with Crippen LogP contribution in [0.15, 0.2) is 53.5 Å². The third-order valence-corrected chi connectivity index (χ3v) is 3.41. The minimum atomic E-state index is -1.01. The lowest BCUT2D eigenvalue weighted by Gasteiger charge is -2.11. The third-order valence-electron chi connectivity index (χ3n) is 3.41. The van der Waals surface area contributed by atoms with E-state index in [4.69, 9.17) is 4.74 Å². The highest BCUT2D eigenvalue weighted by atomic mass is 16.5. The van der Waals surface area contributed by atoms with Crippen molar-refractivity contribution in [1.82, 2.24) is 0 Å². The van der Waals surface area contributed by atoms with Gasteiger partial charge in [0.25, 0.3) is 0 Å². The van der Waals surface area contributed by atoms with Crippen LogP contribution in [0.5, 0.6) is 11.5 Å². The summed E-state index contributed by atoms with van der Waals surface area (Å²) in [6, 6.07) is 12.7. The maximum absolute atomic E-state index is 11.5. The van der Waals surface area contributed by atoms with Crippen LogP contribution in [0.3, 0.4) is 0 Å². The van der Waals surface area contributed by atoms with Gasteiger partial charge in [-0.1, -0.05) is 24.3 Å². The fourth-order valence-corrected chi connectivity index (χ4v) is 2.32. The number of nitrogens with zero attached hydrogens (tertiary/aromatic N) is 1. The van der Waals surface area contributed by atoms with Crippen molar-refractivity contribution >= 4 is 17.8 Å². The Morgan fingerprint density at radius 3 is 2.77 bits per heavy atom. The van der Waals surface area contributed by atoms with Crippen molar-refractivity contribution < 1.29 is 14.6 Å². The Morgan fingerprint density at radius 2 is 2.09 bits per heavy atom. The Kier molecular flexibility index (Phi) is 3.74. The largest absolute Gasteiger partial charge is 0.478 e. The van der Waals surface area contributed by atoms with Gasteiger partial charge in [-0.05, 0) is 47.9 Å². The van der Waals surface area contributed by atoms with Crippen molar-refractivity contribution in [2.24, 2.45) is 4.99 Å². The van der Waals surface area contributed by atoms with Crippen molar-refractivity contribution in [3.05, 3.63) is 65.2 Å². The molecule has 1 heterocycles. The van der Waals surface area contributed by atoms with Crippen molar-refractivity contribution in [3.63, 3.8) is 0 Å². The van der Waals surface area contributed by atoms with E-state index in [0.29, 0.717) is 18.0 Å². The van der Waals surface area contributed by atoms with Gasteiger partial charge in [-0.15, -0.1) is 0 Å². The van der Waals surface area contributed by atoms with Crippen LogP contribution in [0.25, 0.3) is 5.57 Å². The Labute approximate surface area is 128 Å². The van der Waals surface area contributed by atoms with E-state index in [9.17, 15) is 9.90 Å². The molecule has 2 aromatic rings. The summed E-state index contributed by atoms with van der Waals surface area (Å²) in [5.41, 5.74) is 2.96. The molecule has 4 nitrogen and oxygen atoms in total. The Hall–Kier alpha value is -2.88. The van der Waals surface area contributed by atoms with Crippen molar-refractivity contribution in [3.8, 4) is 11.5 Å². The molecule has 0 fully saturated rings. The molecule has 0 amide bonds. The summed E-state index contributed by atoms with van der Waals surface area (Å²) in [6.07, 6.45) is 3.71. The molecule has 0 aliphatic carbocycles. The molecular formula is C18H15NO3. The first-order chi connectivity index (χ1) is 10.6. The van der Waals surface area contributed by atoms with E-state index in [1.54, 1.807) is 24.4 Å². The van der Waals surface area contributed by atoms with Crippen LogP contribution in [-0.2, 0) is 0 Å². The van der Waals surface area contributed by atoms with Crippen LogP contribution in [-0.4, -0.2) is 23.8 Å². The number of aryl methyl sites for hydroxylation is 1. The first-order valence-corrected chi connectivity index (χ1v) is 6.96. The van der Waals surface area contributed by atoms with Crippen molar-refractivity contribution in [2.75, 3.05) is 6.54 Å². The molecule has 4 heteroatoms. The Balaban J connectivity index is 1.97. The number of carbonyl (C=O) groups is 1. The predicted octanol–water partition coefficient (Wildman–Crippen LogP) is 3.95. The number of ether oxygens (including phenoxy) is 1. The van der Waals surface area contributed by atoms with E-state index in [0.717, 1.165) is 16.7 Å². The van der Waals surface area contributed by atoms with Gasteiger partial charge in [0.05, 0.1) is 6.54 Å². The van der Waals surface area contributed by atoms with Gasteiger partial charge in [0, 0.05) is 6.21 Å². The van der Waals surface area contributed by atoms with Gasteiger partial charge in [0.2, 0.25) is 0 Å². The summed E-state index contributed by atoms with van der Waals surface area (Å²) in [5, 5.41) is 9.43. The maximum atomic E-state index is 11.5. The van der Waals surface area contributed by atoms with Gasteiger partial charge in [0.15, 0.2) is 0 Å². The number of benzene rings is 2. The zero-order valence-electron chi connectivity index (χ0n) is 12.1. The molecule has 1 N–H and O–H groups in total. The highest BCUT2D eigenvalue weighted by molar-refractivity contribution is 6.12. The molecule has 0 atom stereocenters. The number of carboxylic acids is 1. The Morgan fingerprint density at radius 1 is 1.23 bits per heavy atom. The van der Waals surface area contributed by atoms with Crippen LogP contribution in [0.4, 0.5) is 0 Å². The molecule has 22 heavy (non-hydrogen) atoms. The third kappa shape index (κ3) is 2.91. The average Bonchev–Trinajstić information content (AvgIpc) is 3.01. The van der Waals surface area contributed by atoms with Crippen LogP contribution in [0.2, 0.25) is 0 Å². The molecule has 0 spiro atoms. The first-order valence-electron chi connectivity index (χ1n) is 6.96. The minimum absolute atomic E-state index is 0.139. The molecule has 0 unspecified atom stereocenters. The topological polar surface area (TPSA) is 58.9 Å². The normalized spacial score (nSPS) is 13.0. The first kappa shape index (κ1) is 14.1. The summed E-state index contributed by atoms with van der Waals surface area (Å²) in [6.45, 7) is 2.60. The monoisotopic (exact) mass is 293 g/mol. The second kappa shape index (κ2) is 5.85. The van der Waals surface area contributed by atoms with Crippen LogP contribution in [0.1, 0.15) is 21.5 Å². The van der Waals surface area contributed by atoms with Gasteiger partial charge in [-0.25, -0.2) is 4.79 Å². The Bertz CT molecular complexity index is 791. The van der Waals surface area contributed by atoms with Crippen LogP contribution < -0.4 is 4.74 Å². The summed E-state index contributed by atoms with van der Waals surface area (Å²) in [5.74, 6) is -0.0608. The van der Waals surface area contributed by atoms with E-state index in [1.807, 2.05) is 37.3 Å². The fraction of sp³-hybridized carbons (Fsp3) is 0.111. The quantitative estimate of drug-likeness (QED) is 0.928. The number of allylic oxidation sites excluding steroid dienone is 1. The number of aliphatic imine (C=N–C) groups is 1. The number of carboxylic acid groups (broad SMARTS) is 1. The summed E-state index contributed by atoms with van der Waals surface area (Å²) in [7, 11) is 0. The highest BCUT2D eigenvalue weighted by Gasteiger charge is 2.15. The fourth-order valence-electron chi connectivity index (χ4n) is 2.32. The molecular weight excluding hydrogens is 278 g/mol. The van der Waals surface area contributed by atoms with E-state index in [2.05, 4.69) is 4.99 Å². The van der Waals surface area contributed by atoms with Gasteiger partial charge in [0.1, 0.15) is 17.1 Å². The number of rotatable bonds is 4. The van der Waals surface area contributed by atoms with E-state index in [1.165, 1.54) is 0 Å². The molecule has 0 bridgehead atoms. The lowest BCUT2D eigenvalue weighted by Crippen LogP contribution is -2.01. The molecule has 0 saturated carbocycles. The zero-order valence-corrected chi connectivity index (χ0v) is 12.1. The maximum Gasteiger partial charge on any atom is 0.339 e. The van der Waals surface area contributed by atoms with Crippen LogP contribution in [0, 0.1) is 6.92 Å². The second-order valence-electron chi connectivity index (χ2n) is 5.09. The van der Waals surface area contributed by atoms with E-state index >= 15 is 0 Å². The lowest BCUT2D eigenvalue weighted by atomic mass is 10.0. The standard InChI is InChI=1S/C18H15NO3/c1-12-3-2-4-15(9-12)22-17-6-5-13(10-16(17)18(20)21)14-7-8-19-11-14/h2-7,9-11H,8H2,1H3,(H,20,21). The number of aromatic carboxylic acids is 1. The molecule has 110 valence electrons. The smallest absolute Gasteiger partial charge is 0.339 e. The highest BCUT2D eigenvalue weighted by Crippen LogP contribution is 2.29. The number of hydrogen-bond acceptors (Lipinski definition) is 3. The summed E-state index contributed by atoms with van der Waals surface area (Å²) >= 11 is 0. The second-order valence-corrected chi connectivity index (χ2v) is 5.09. The zero-order chi connectivity index (χ0) is 15.5. The molecule has 2 aromatic carbocycles. The van der Waals surface area contributed by atoms with Gasteiger partial charge < -0.3 is 9.84 Å². The minimum Gasteiger partial charge on any atom is -0.478 e. The lowest BCUT2D eigenvalue weighted by molar-refractivity contribution is 0.0694. The molecule has 0 saturated heterocycles. The summed E-state index contributed by atoms with van der Waals surface area (Å²) < 4.78 is 5.74. The van der Waals surface area contributed by atoms with Crippen molar-refractivity contribution in [2.45, 2.75) is 6.92 Å². The molecule has 1 aliphatic rings. The molecule has 0 aromatic heterocycles. The van der Waals surface area contributed by atoms with E-state index < -0.39 is 5.97 Å². The molecule has 0 radical (unpaired) electrons. The van der Waals surface area contributed by atoms with Gasteiger partial charge in [-0.2, -0.15) is 0 Å². The molecule has 1 aliphatic heterocycles. The molecule has 3 rings (SSSR count). The average molecular weight is 293 g/mol. The SMILES string of the molecule is Cc1cccc(Oc2ccc(C3=CCN=C3)cc2C(=O)O)c1. The summed E-state index contributed by atoms with van der Waals surface area (Å²) in [4.78, 5) is 15.6.